The Morgan fingerprint density at radius 3 is 1.38 bits per heavy atom. The van der Waals surface area contributed by atoms with Crippen LogP contribution in [0.15, 0.2) is 206 Å². The van der Waals surface area contributed by atoms with Gasteiger partial charge in [0.15, 0.2) is 17.2 Å². The molecule has 14 N–H and O–H groups in total. The number of carbonyl (C=O) groups is 1. The van der Waals surface area contributed by atoms with Gasteiger partial charge >= 0.3 is 0 Å². The molecule has 0 aromatic heterocycles. The van der Waals surface area contributed by atoms with Crippen molar-refractivity contribution in [1.29, 1.82) is 0 Å². The molecule has 0 spiro atoms. The van der Waals surface area contributed by atoms with Gasteiger partial charge in [0.25, 0.3) is 80.9 Å². The van der Waals surface area contributed by atoms with Gasteiger partial charge in [-0.1, -0.05) is 6.07 Å². The molecule has 42 nitrogen and oxygen atoms in total. The molecule has 10 aromatic carbocycles. The van der Waals surface area contributed by atoms with E-state index in [0.717, 1.165) is 86.8 Å². The Bertz CT molecular complexity index is 6720. The van der Waals surface area contributed by atoms with Crippen LogP contribution in [0.3, 0.4) is 0 Å². The van der Waals surface area contributed by atoms with E-state index in [1.165, 1.54) is 7.05 Å². The van der Waals surface area contributed by atoms with Gasteiger partial charge in [0.2, 0.25) is 5.91 Å². The van der Waals surface area contributed by atoms with Crippen LogP contribution in [-0.4, -0.2) is 144 Å². The molecule has 10 rings (SSSR count). The third kappa shape index (κ3) is 15.9. The highest BCUT2D eigenvalue weighted by molar-refractivity contribution is 7.88. The zero-order valence-corrected chi connectivity index (χ0v) is 59.0. The van der Waals surface area contributed by atoms with Crippen LogP contribution in [0.1, 0.15) is 6.92 Å². The number of nitrogens with one attached hydrogen (secondary N) is 2. The normalized spacial score (nSPS) is 13.3. The number of phenols is 4. The molecule has 0 atom stereocenters. The van der Waals surface area contributed by atoms with Crippen LogP contribution in [0.2, 0.25) is 0 Å². The van der Waals surface area contributed by atoms with E-state index in [1.54, 1.807) is 0 Å². The maximum Gasteiger partial charge on any atom is 0.297 e. The number of benzene rings is 10. The second kappa shape index (κ2) is 27.7. The Balaban J connectivity index is 1.07. The molecule has 1 amide bonds. The van der Waals surface area contributed by atoms with E-state index in [2.05, 4.69) is 61.8 Å². The van der Waals surface area contributed by atoms with Crippen molar-refractivity contribution in [2.75, 3.05) is 24.8 Å². The summed E-state index contributed by atoms with van der Waals surface area (Å²) in [6.45, 7) is 1.00. The molecule has 0 aliphatic heterocycles. The lowest BCUT2D eigenvalue weighted by molar-refractivity contribution is -0.114. The number of ether oxygens (including phenoxy) is 1. The first kappa shape index (κ1) is 77.4. The van der Waals surface area contributed by atoms with Gasteiger partial charge in [0.05, 0.1) is 49.9 Å². The van der Waals surface area contributed by atoms with Gasteiger partial charge in [-0.15, -0.1) is 46.0 Å². The Morgan fingerprint density at radius 2 is 0.840 bits per heavy atom. The molecule has 0 aliphatic carbocycles. The van der Waals surface area contributed by atoms with Gasteiger partial charge in [0, 0.05) is 53.0 Å². The number of phenolic OH excluding ortho intramolecular Hbond substituents is 4. The minimum atomic E-state index is -5.74. The third-order valence-electron chi connectivity index (χ3n) is 14.7. The molecule has 0 aliphatic rings. The summed E-state index contributed by atoms with van der Waals surface area (Å²) in [7, 11) is -40.8. The van der Waals surface area contributed by atoms with E-state index in [1.807, 2.05) is 0 Å². The highest BCUT2D eigenvalue weighted by atomic mass is 32.2. The van der Waals surface area contributed by atoms with Crippen LogP contribution in [0.5, 0.6) is 28.7 Å². The number of carbonyl (C=O) groups excluding carboxylic acids is 1. The number of rotatable bonds is 21. The predicted molar refractivity (Wildman–Crippen MR) is 365 cm³/mol. The number of nitrogens with zero attached hydrogens (tertiary/aromatic N) is 10. The second-order valence-electron chi connectivity index (χ2n) is 21.6. The quantitative estimate of drug-likeness (QED) is 0.0235. The molecule has 106 heavy (non-hydrogen) atoms. The lowest BCUT2D eigenvalue weighted by Gasteiger charge is -2.14. The zero-order chi connectivity index (χ0) is 78.3. The van der Waals surface area contributed by atoms with Gasteiger partial charge in [-0.2, -0.15) is 72.5 Å². The maximum atomic E-state index is 13.4. The summed E-state index contributed by atoms with van der Waals surface area (Å²) in [6, 6.07) is 14.8. The number of aromatic hydroxyl groups is 4. The van der Waals surface area contributed by atoms with Crippen molar-refractivity contribution in [2.24, 2.45) is 51.1 Å². The molecule has 0 radical (unpaired) electrons. The van der Waals surface area contributed by atoms with E-state index in [-0.39, 0.29) is 22.4 Å². The predicted octanol–water partition coefficient (Wildman–Crippen LogP) is 11.2. The van der Waals surface area contributed by atoms with E-state index in [4.69, 9.17) is 4.74 Å². The fraction of sp³-hybridized carbons (Fsp3) is 0.0536. The van der Waals surface area contributed by atoms with E-state index < -0.39 is 244 Å². The number of azo groups is 5. The molecular formula is C56H42N12O30S8. The average Bonchev–Trinajstić information content (AvgIpc) is 0.753. The number of hydrogen-bond donors (Lipinski definition) is 14. The largest absolute Gasteiger partial charge is 0.507 e. The van der Waals surface area contributed by atoms with Crippen molar-refractivity contribution >= 4 is 198 Å². The Morgan fingerprint density at radius 1 is 0.368 bits per heavy atom. The summed E-state index contributed by atoms with van der Waals surface area (Å²) >= 11 is 0. The molecule has 0 saturated heterocycles. The van der Waals surface area contributed by atoms with Gasteiger partial charge < -0.3 is 35.8 Å². The van der Waals surface area contributed by atoms with Gasteiger partial charge in [-0.25, -0.2) is 0 Å². The Labute approximate surface area is 594 Å². The van der Waals surface area contributed by atoms with E-state index >= 15 is 0 Å². The summed E-state index contributed by atoms with van der Waals surface area (Å²) in [5, 5.41) is 84.2. The number of methoxy groups -OCH3 is 1. The Hall–Kier alpha value is -11.2. The summed E-state index contributed by atoms with van der Waals surface area (Å²) in [6.07, 6.45) is 0. The van der Waals surface area contributed by atoms with Crippen molar-refractivity contribution < 1.29 is 134 Å². The second-order valence-corrected chi connectivity index (χ2v) is 32.8. The summed E-state index contributed by atoms with van der Waals surface area (Å²) in [4.78, 5) is 3.25. The first-order chi connectivity index (χ1) is 49.0. The number of anilines is 2. The van der Waals surface area contributed by atoms with Gasteiger partial charge in [-0.3, -0.25) is 41.2 Å². The van der Waals surface area contributed by atoms with Crippen LogP contribution in [0.25, 0.3) is 43.1 Å². The van der Waals surface area contributed by atoms with E-state index in [9.17, 15) is 129 Å². The first-order valence-electron chi connectivity index (χ1n) is 28.0. The summed E-state index contributed by atoms with van der Waals surface area (Å²) in [5.41, 5.74) is -8.39. The number of fused-ring (bicyclic) bond motifs is 4. The standard InChI is InChI=1S/C56H42N12O30S8/c1-23(69)58-37-21-39(43(98-3)22-38(37)61-64-41-16-28(100(77,78)79)11-25-12-29(101(80,81)82)17-42(70)48(25)41)62-67-52-47(105(92,93)94)20-34-31(54(52)72)8-10-36(56(34)106(95,96)97)60-65-49-33-19-46(104(89,90)91)51(53(71)30(33)7-9-35(49)57-2)68-63-40-18-32-24(13-44(40)102(83,84)85)14-45(103(86,87)88)50(55(32)73)66-59-26-5-4-6-27(15-26)99(74,75)76/h4-22,57,70-73H,1-3H3,(H,58,69)(H,74,75,76)(H,77,78,79)(H,80,81,82)(H,83,84,85)(H,86,87,88)(H,89,90,91)(H,92,93,94)(H,95,96,97). The highest BCUT2D eigenvalue weighted by Crippen LogP contribution is 2.51. The smallest absolute Gasteiger partial charge is 0.297 e. The van der Waals surface area contributed by atoms with Crippen molar-refractivity contribution in [3.63, 3.8) is 0 Å². The van der Waals surface area contributed by atoms with Gasteiger partial charge in [-0.05, 0) is 108 Å². The van der Waals surface area contributed by atoms with Crippen LogP contribution < -0.4 is 15.4 Å². The lowest BCUT2D eigenvalue weighted by atomic mass is 10.1. The van der Waals surface area contributed by atoms with Crippen LogP contribution in [-0.2, 0) is 85.7 Å². The average molecular weight is 1620 g/mol. The monoisotopic (exact) mass is 1620 g/mol. The number of amides is 1. The minimum Gasteiger partial charge on any atom is -0.507 e. The molecule has 554 valence electrons. The molecular weight excluding hydrogens is 1580 g/mol. The molecule has 10 aromatic rings. The third-order valence-corrected chi connectivity index (χ3v) is 21.7. The van der Waals surface area contributed by atoms with Crippen LogP contribution in [0, 0.1) is 0 Å². The van der Waals surface area contributed by atoms with Crippen molar-refractivity contribution in [2.45, 2.75) is 46.1 Å². The van der Waals surface area contributed by atoms with Crippen molar-refractivity contribution in [3.8, 4) is 28.7 Å². The molecule has 0 unspecified atom stereocenters. The lowest BCUT2D eigenvalue weighted by Crippen LogP contribution is -2.06. The Kier molecular flexibility index (Phi) is 20.2. The molecule has 0 bridgehead atoms. The highest BCUT2D eigenvalue weighted by Gasteiger charge is 2.32. The molecule has 50 heteroatoms. The number of hydrogen-bond acceptors (Lipinski definition) is 33. The van der Waals surface area contributed by atoms with Crippen LogP contribution >= 0.6 is 0 Å². The minimum absolute atomic E-state index is 0.168. The van der Waals surface area contributed by atoms with Gasteiger partial charge in [0.1, 0.15) is 81.5 Å². The molecule has 0 heterocycles. The molecule has 0 fully saturated rings. The summed E-state index contributed by atoms with van der Waals surface area (Å²) < 4.78 is 289. The fourth-order valence-electron chi connectivity index (χ4n) is 10.2. The molecule has 0 saturated carbocycles. The van der Waals surface area contributed by atoms with Crippen molar-refractivity contribution in [3.05, 3.63) is 115 Å². The SMILES string of the molecule is CNc1ccc2c(O)c(N=Nc3cc4c(O)c(N=Nc5cccc(S(=O)(=O)O)c5)c(S(=O)(=O)O)cc4cc3S(=O)(=O)O)c(S(=O)(=O)O)cc2c1N=Nc1ccc2c(O)c(N=Nc3cc(NC(C)=O)c(N=Nc4cc(S(=O)(=O)O)cc5cc(S(=O)(=O)O)cc(O)c45)cc3OC)c(S(=O)(=O)O)cc2c1S(=O)(=O)O. The fourth-order valence-corrected chi connectivity index (χ4v) is 15.2. The zero-order valence-electron chi connectivity index (χ0n) is 52.4. The first-order valence-corrected chi connectivity index (χ1v) is 39.5. The van der Waals surface area contributed by atoms with Crippen LogP contribution in [0.4, 0.5) is 68.2 Å². The summed E-state index contributed by atoms with van der Waals surface area (Å²) in [5.74, 6) is -5.89. The maximum absolute atomic E-state index is 13.4. The topological polar surface area (TPSA) is 690 Å². The van der Waals surface area contributed by atoms with Crippen molar-refractivity contribution in [1.82, 2.24) is 0 Å². The van der Waals surface area contributed by atoms with E-state index in [0.29, 0.717) is 42.5 Å².